The Bertz CT molecular complexity index is 868. The molecule has 0 radical (unpaired) electrons. The highest BCUT2D eigenvalue weighted by Gasteiger charge is 2.55. The number of nitrogens with zero attached hydrogens (tertiary/aromatic N) is 2. The Kier molecular flexibility index (Phi) is 4.50. The third-order valence-corrected chi connectivity index (χ3v) is 4.93. The lowest BCUT2D eigenvalue weighted by Gasteiger charge is -2.29. The summed E-state index contributed by atoms with van der Waals surface area (Å²) in [6.45, 7) is 1.25. The Morgan fingerprint density at radius 2 is 1.92 bits per heavy atom. The molecule has 1 aromatic carbocycles. The Morgan fingerprint density at radius 1 is 1.19 bits per heavy atom. The zero-order valence-electron chi connectivity index (χ0n) is 14.7. The minimum atomic E-state index is -1.36. The van der Waals surface area contributed by atoms with Crippen molar-refractivity contribution in [3.63, 3.8) is 0 Å². The van der Waals surface area contributed by atoms with Crippen molar-refractivity contribution in [1.29, 1.82) is 0 Å². The summed E-state index contributed by atoms with van der Waals surface area (Å²) in [4.78, 5) is 40.5. The first-order valence-corrected chi connectivity index (χ1v) is 8.31. The monoisotopic (exact) mass is 352 g/mol. The predicted octanol–water partition coefficient (Wildman–Crippen LogP) is 2.51. The molecule has 6 nitrogen and oxygen atoms in total. The second kappa shape index (κ2) is 6.63. The maximum Gasteiger partial charge on any atom is 0.328 e. The van der Waals surface area contributed by atoms with Gasteiger partial charge in [0.25, 0.3) is 5.91 Å². The van der Waals surface area contributed by atoms with Crippen molar-refractivity contribution >= 4 is 17.7 Å². The van der Waals surface area contributed by atoms with Gasteiger partial charge >= 0.3 is 6.03 Å². The molecule has 1 aromatic rings. The Morgan fingerprint density at radius 3 is 2.65 bits per heavy atom. The highest BCUT2D eigenvalue weighted by Crippen LogP contribution is 2.39. The van der Waals surface area contributed by atoms with E-state index in [1.807, 2.05) is 18.2 Å². The van der Waals surface area contributed by atoms with Gasteiger partial charge in [0.2, 0.25) is 0 Å². The average molecular weight is 352 g/mol. The molecule has 0 spiro atoms. The van der Waals surface area contributed by atoms with Crippen LogP contribution in [0.4, 0.5) is 4.79 Å². The molecule has 1 unspecified atom stereocenters. The topological polar surface area (TPSA) is 77.9 Å². The largest absolute Gasteiger partial charge is 0.508 e. The molecule has 3 amide bonds. The number of ketones is 1. The summed E-state index contributed by atoms with van der Waals surface area (Å²) in [5.74, 6) is -0.879. The van der Waals surface area contributed by atoms with Crippen molar-refractivity contribution in [2.75, 3.05) is 13.6 Å². The van der Waals surface area contributed by atoms with Gasteiger partial charge < -0.3 is 10.0 Å². The molecule has 1 aliphatic carbocycles. The number of Topliss-reactive ketones (excluding diaryl/α,β-unsaturated/α-hetero) is 1. The summed E-state index contributed by atoms with van der Waals surface area (Å²) in [7, 11) is 1.49. The first-order valence-electron chi connectivity index (χ1n) is 8.31. The van der Waals surface area contributed by atoms with E-state index in [1.54, 1.807) is 37.3 Å². The molecule has 2 aliphatic rings. The van der Waals surface area contributed by atoms with E-state index in [9.17, 15) is 19.5 Å². The van der Waals surface area contributed by atoms with Crippen LogP contribution >= 0.6 is 0 Å². The van der Waals surface area contributed by atoms with Gasteiger partial charge in [-0.1, -0.05) is 48.6 Å². The summed E-state index contributed by atoms with van der Waals surface area (Å²) in [6.07, 6.45) is 9.40. The van der Waals surface area contributed by atoms with Crippen LogP contribution in [0.25, 0.3) is 0 Å². The minimum absolute atomic E-state index is 0.0714. The van der Waals surface area contributed by atoms with Gasteiger partial charge in [0, 0.05) is 18.2 Å². The first kappa shape index (κ1) is 17.7. The predicted molar refractivity (Wildman–Crippen MR) is 96.3 cm³/mol. The first-order chi connectivity index (χ1) is 12.4. The molecular formula is C20H20N2O4. The van der Waals surface area contributed by atoms with Crippen molar-refractivity contribution in [1.82, 2.24) is 9.80 Å². The minimum Gasteiger partial charge on any atom is -0.508 e. The van der Waals surface area contributed by atoms with Crippen LogP contribution in [0.3, 0.4) is 0 Å². The van der Waals surface area contributed by atoms with Crippen LogP contribution in [0.1, 0.15) is 18.9 Å². The fourth-order valence-corrected chi connectivity index (χ4v) is 3.22. The fourth-order valence-electron chi connectivity index (χ4n) is 3.22. The van der Waals surface area contributed by atoms with E-state index in [-0.39, 0.29) is 18.1 Å². The van der Waals surface area contributed by atoms with Crippen LogP contribution in [0.2, 0.25) is 0 Å². The number of phenolic OH excluding ortho intramolecular Hbond substituents is 1. The molecule has 1 atom stereocenters. The van der Waals surface area contributed by atoms with Crippen LogP contribution in [0, 0.1) is 0 Å². The normalized spacial score (nSPS) is 22.6. The summed E-state index contributed by atoms with van der Waals surface area (Å²) in [6, 6.07) is 5.84. The molecule has 1 N–H and O–H groups in total. The van der Waals surface area contributed by atoms with Crippen LogP contribution in [0.5, 0.6) is 5.75 Å². The summed E-state index contributed by atoms with van der Waals surface area (Å²) >= 11 is 0. The summed E-state index contributed by atoms with van der Waals surface area (Å²) in [5.41, 5.74) is -0.495. The van der Waals surface area contributed by atoms with Crippen molar-refractivity contribution in [2.24, 2.45) is 0 Å². The number of allylic oxidation sites excluding steroid dienone is 5. The van der Waals surface area contributed by atoms with E-state index in [2.05, 4.69) is 0 Å². The number of likely N-dealkylation sites (N-methyl/N-ethyl adjacent to an activating group) is 1. The SMILES string of the molecule is CN1C(=O)N(CC(=O)C2=CC=CC=CC2)C(=O)C1(C)c1ccccc1O. The lowest BCUT2D eigenvalue weighted by molar-refractivity contribution is -0.134. The number of carbonyl (C=O) groups excluding carboxylic acids is 3. The standard InChI is InChI=1S/C20H20N2O4/c1-20(15-11-7-8-12-16(15)23)18(25)22(19(26)21(20)2)13-17(24)14-9-5-3-4-6-10-14/h3-9,11-12,23H,10,13H2,1-2H3. The number of urea groups is 1. The average Bonchev–Trinajstić information content (AvgIpc) is 2.87. The second-order valence-corrected chi connectivity index (χ2v) is 6.45. The van der Waals surface area contributed by atoms with Crippen molar-refractivity contribution in [3.05, 3.63) is 65.8 Å². The molecule has 1 aliphatic heterocycles. The molecule has 0 aromatic heterocycles. The van der Waals surface area contributed by atoms with Crippen LogP contribution < -0.4 is 0 Å². The van der Waals surface area contributed by atoms with E-state index >= 15 is 0 Å². The summed E-state index contributed by atoms with van der Waals surface area (Å²) < 4.78 is 0. The number of amides is 3. The fraction of sp³-hybridized carbons (Fsp3) is 0.250. The Labute approximate surface area is 151 Å². The number of imide groups is 1. The van der Waals surface area contributed by atoms with Crippen molar-refractivity contribution in [2.45, 2.75) is 18.9 Å². The zero-order valence-corrected chi connectivity index (χ0v) is 14.7. The molecule has 134 valence electrons. The van der Waals surface area contributed by atoms with Gasteiger partial charge in [0.15, 0.2) is 5.78 Å². The van der Waals surface area contributed by atoms with E-state index in [1.165, 1.54) is 18.0 Å². The maximum atomic E-state index is 13.0. The van der Waals surface area contributed by atoms with Crippen LogP contribution in [0.15, 0.2) is 60.2 Å². The van der Waals surface area contributed by atoms with E-state index in [4.69, 9.17) is 0 Å². The lowest BCUT2D eigenvalue weighted by Crippen LogP contribution is -2.42. The molecule has 6 heteroatoms. The Balaban J connectivity index is 1.90. The quantitative estimate of drug-likeness (QED) is 0.845. The molecule has 1 heterocycles. The van der Waals surface area contributed by atoms with Gasteiger partial charge in [0.1, 0.15) is 11.3 Å². The van der Waals surface area contributed by atoms with E-state index in [0.717, 1.165) is 4.90 Å². The van der Waals surface area contributed by atoms with Gasteiger partial charge in [-0.05, 0) is 19.4 Å². The van der Waals surface area contributed by atoms with Gasteiger partial charge in [-0.25, -0.2) is 4.79 Å². The van der Waals surface area contributed by atoms with E-state index in [0.29, 0.717) is 17.6 Å². The number of hydrogen-bond donors (Lipinski definition) is 1. The zero-order chi connectivity index (χ0) is 18.9. The number of para-hydroxylation sites is 1. The van der Waals surface area contributed by atoms with Gasteiger partial charge in [-0.15, -0.1) is 0 Å². The molecule has 1 saturated heterocycles. The smallest absolute Gasteiger partial charge is 0.328 e. The molecular weight excluding hydrogens is 332 g/mol. The number of benzene rings is 1. The molecule has 0 saturated carbocycles. The number of rotatable bonds is 4. The highest BCUT2D eigenvalue weighted by molar-refractivity contribution is 6.11. The molecule has 1 fully saturated rings. The summed E-state index contributed by atoms with van der Waals surface area (Å²) in [5, 5.41) is 10.2. The van der Waals surface area contributed by atoms with Crippen molar-refractivity contribution in [3.8, 4) is 5.75 Å². The lowest BCUT2D eigenvalue weighted by atomic mass is 9.90. The number of phenols is 1. The molecule has 3 rings (SSSR count). The number of carbonyl (C=O) groups is 3. The third kappa shape index (κ3) is 2.73. The molecule has 26 heavy (non-hydrogen) atoms. The highest BCUT2D eigenvalue weighted by atomic mass is 16.3. The number of hydrogen-bond acceptors (Lipinski definition) is 4. The van der Waals surface area contributed by atoms with Crippen molar-refractivity contribution < 1.29 is 19.5 Å². The van der Waals surface area contributed by atoms with Gasteiger partial charge in [0.05, 0.1) is 6.54 Å². The van der Waals surface area contributed by atoms with Crippen LogP contribution in [-0.2, 0) is 15.1 Å². The maximum absolute atomic E-state index is 13.0. The number of aromatic hydroxyl groups is 1. The molecule has 0 bridgehead atoms. The van der Waals surface area contributed by atoms with Gasteiger partial charge in [-0.2, -0.15) is 0 Å². The third-order valence-electron chi connectivity index (χ3n) is 4.93. The van der Waals surface area contributed by atoms with E-state index < -0.39 is 17.5 Å². The Hall–Kier alpha value is -3.15. The second-order valence-electron chi connectivity index (χ2n) is 6.45. The van der Waals surface area contributed by atoms with Gasteiger partial charge in [-0.3, -0.25) is 14.5 Å². The van der Waals surface area contributed by atoms with Crippen LogP contribution in [-0.4, -0.2) is 46.2 Å².